The van der Waals surface area contributed by atoms with Crippen molar-refractivity contribution in [3.63, 3.8) is 0 Å². The maximum Gasteiger partial charge on any atom is 0.211 e. The number of hydrogen-bond acceptors (Lipinski definition) is 4. The fourth-order valence-corrected chi connectivity index (χ4v) is 6.39. The van der Waals surface area contributed by atoms with Gasteiger partial charge in [-0.25, -0.2) is 12.8 Å². The summed E-state index contributed by atoms with van der Waals surface area (Å²) in [6.45, 7) is 11.9. The van der Waals surface area contributed by atoms with Gasteiger partial charge < -0.3 is 9.47 Å². The molecular formula is C26H31FN2O3S. The Balaban J connectivity index is 1.91. The number of aromatic nitrogens is 1. The van der Waals surface area contributed by atoms with Crippen LogP contribution in [0.5, 0.6) is 0 Å². The average Bonchev–Trinajstić information content (AvgIpc) is 2.75. The molecule has 2 heterocycles. The van der Waals surface area contributed by atoms with Crippen LogP contribution in [-0.4, -0.2) is 26.1 Å². The van der Waals surface area contributed by atoms with Crippen molar-refractivity contribution in [2.75, 3.05) is 18.0 Å². The van der Waals surface area contributed by atoms with E-state index in [0.717, 1.165) is 30.6 Å². The van der Waals surface area contributed by atoms with Gasteiger partial charge in [0.1, 0.15) is 10.7 Å². The summed E-state index contributed by atoms with van der Waals surface area (Å²) in [6, 6.07) is 7.73. The van der Waals surface area contributed by atoms with Crippen molar-refractivity contribution in [1.29, 1.82) is 0 Å². The molecule has 1 saturated heterocycles. The molecule has 2 atom stereocenters. The lowest BCUT2D eigenvalue weighted by atomic mass is 9.91. The van der Waals surface area contributed by atoms with Crippen LogP contribution in [0.4, 0.5) is 10.1 Å². The van der Waals surface area contributed by atoms with Crippen molar-refractivity contribution in [1.82, 2.24) is 4.57 Å². The minimum atomic E-state index is -4.06. The van der Waals surface area contributed by atoms with Crippen molar-refractivity contribution in [2.24, 2.45) is 11.8 Å². The molecule has 7 heteroatoms. The molecule has 0 N–H and O–H groups in total. The van der Waals surface area contributed by atoms with E-state index in [1.54, 1.807) is 22.8 Å². The van der Waals surface area contributed by atoms with Gasteiger partial charge in [0.15, 0.2) is 0 Å². The number of hydrogen-bond donors (Lipinski definition) is 0. The number of aryl methyl sites for hydroxylation is 3. The molecule has 1 aliphatic heterocycles. The van der Waals surface area contributed by atoms with E-state index in [9.17, 15) is 13.2 Å². The van der Waals surface area contributed by atoms with Crippen LogP contribution in [0.3, 0.4) is 0 Å². The van der Waals surface area contributed by atoms with Gasteiger partial charge in [0.25, 0.3) is 0 Å². The van der Waals surface area contributed by atoms with Crippen molar-refractivity contribution in [2.45, 2.75) is 57.4 Å². The number of benzene rings is 2. The third-order valence-electron chi connectivity index (χ3n) is 6.74. The van der Waals surface area contributed by atoms with E-state index in [2.05, 4.69) is 13.8 Å². The molecule has 2 aromatic carbocycles. The average molecular weight is 471 g/mol. The third-order valence-corrected chi connectivity index (χ3v) is 8.49. The second-order valence-corrected chi connectivity index (χ2v) is 11.4. The molecule has 33 heavy (non-hydrogen) atoms. The largest absolute Gasteiger partial charge is 0.369 e. The van der Waals surface area contributed by atoms with Crippen LogP contribution in [0.25, 0.3) is 10.9 Å². The van der Waals surface area contributed by atoms with E-state index in [0.29, 0.717) is 29.6 Å². The number of sulfone groups is 1. The maximum absolute atomic E-state index is 15.3. The van der Waals surface area contributed by atoms with Crippen LogP contribution in [-0.2, 0) is 16.4 Å². The zero-order valence-electron chi connectivity index (χ0n) is 19.9. The highest BCUT2D eigenvalue weighted by molar-refractivity contribution is 7.91. The lowest BCUT2D eigenvalue weighted by Crippen LogP contribution is -2.39. The summed E-state index contributed by atoms with van der Waals surface area (Å²) in [6.07, 6.45) is 2.50. The zero-order chi connectivity index (χ0) is 24.1. The van der Waals surface area contributed by atoms with E-state index in [1.807, 2.05) is 25.7 Å². The molecule has 0 bridgehead atoms. The highest BCUT2D eigenvalue weighted by Gasteiger charge is 2.27. The molecule has 1 aromatic heterocycles. The second-order valence-electron chi connectivity index (χ2n) is 9.53. The predicted molar refractivity (Wildman–Crippen MR) is 130 cm³/mol. The van der Waals surface area contributed by atoms with Crippen molar-refractivity contribution in [3.05, 3.63) is 63.7 Å². The Hall–Kier alpha value is -2.67. The van der Waals surface area contributed by atoms with E-state index in [-0.39, 0.29) is 15.2 Å². The van der Waals surface area contributed by atoms with Gasteiger partial charge in [-0.15, -0.1) is 0 Å². The second kappa shape index (κ2) is 8.60. The summed E-state index contributed by atoms with van der Waals surface area (Å²) < 4.78 is 43.8. The van der Waals surface area contributed by atoms with E-state index in [4.69, 9.17) is 0 Å². The van der Waals surface area contributed by atoms with Gasteiger partial charge in [-0.05, 0) is 74.4 Å². The van der Waals surface area contributed by atoms with Crippen LogP contribution < -0.4 is 10.3 Å². The van der Waals surface area contributed by atoms with Gasteiger partial charge in [-0.3, -0.25) is 4.79 Å². The molecule has 0 unspecified atom stereocenters. The summed E-state index contributed by atoms with van der Waals surface area (Å²) in [5.74, 6) is 0.398. The summed E-state index contributed by atoms with van der Waals surface area (Å²) in [5.41, 5.74) is 2.14. The minimum Gasteiger partial charge on any atom is -0.369 e. The lowest BCUT2D eigenvalue weighted by molar-refractivity contribution is 0.354. The molecule has 0 radical (unpaired) electrons. The fourth-order valence-electron chi connectivity index (χ4n) is 4.94. The van der Waals surface area contributed by atoms with Crippen LogP contribution >= 0.6 is 0 Å². The van der Waals surface area contributed by atoms with E-state index >= 15 is 4.39 Å². The van der Waals surface area contributed by atoms with E-state index < -0.39 is 21.1 Å². The first-order valence-electron chi connectivity index (χ1n) is 11.5. The van der Waals surface area contributed by atoms with Crippen molar-refractivity contribution >= 4 is 26.4 Å². The van der Waals surface area contributed by atoms with Crippen molar-refractivity contribution in [3.8, 4) is 0 Å². The van der Waals surface area contributed by atoms with Gasteiger partial charge in [0.2, 0.25) is 15.3 Å². The Morgan fingerprint density at radius 2 is 1.70 bits per heavy atom. The SMILES string of the molecule is CCn1cc(S(=O)(=O)c2ccc(C)c(C)c2)c(=O)c2cc(F)c(N3C[C@H](C)C[C@H](C)C3)cc21. The Bertz CT molecular complexity index is 1380. The van der Waals surface area contributed by atoms with E-state index in [1.165, 1.54) is 18.3 Å². The van der Waals surface area contributed by atoms with Gasteiger partial charge in [0, 0.05) is 25.8 Å². The lowest BCUT2D eigenvalue weighted by Gasteiger charge is -2.37. The van der Waals surface area contributed by atoms with Crippen molar-refractivity contribution < 1.29 is 12.8 Å². The van der Waals surface area contributed by atoms with Crippen LogP contribution in [0.15, 0.2) is 51.1 Å². The van der Waals surface area contributed by atoms with Gasteiger partial charge in [0.05, 0.1) is 21.5 Å². The Labute approximate surface area is 194 Å². The quantitative estimate of drug-likeness (QED) is 0.533. The number of piperidine rings is 1. The molecule has 1 aliphatic rings. The third kappa shape index (κ3) is 4.19. The Morgan fingerprint density at radius 3 is 2.30 bits per heavy atom. The molecule has 5 nitrogen and oxygen atoms in total. The fraction of sp³-hybridized carbons (Fsp3) is 0.423. The molecule has 0 amide bonds. The topological polar surface area (TPSA) is 59.4 Å². The van der Waals surface area contributed by atoms with Crippen LogP contribution in [0.2, 0.25) is 0 Å². The van der Waals surface area contributed by atoms with Crippen LogP contribution in [0, 0.1) is 31.5 Å². The first kappa shape index (κ1) is 23.5. The molecule has 4 rings (SSSR count). The molecule has 1 fully saturated rings. The number of anilines is 1. The molecule has 0 saturated carbocycles. The Kier molecular flexibility index (Phi) is 6.12. The standard InChI is InChI=1S/C26H31FN2O3S/c1-6-28-15-25(33(31,32)20-8-7-18(4)19(5)10-20)26(30)21-11-22(27)24(12-23(21)28)29-13-16(2)9-17(3)14-29/h7-8,10-12,15-17H,6,9,13-14H2,1-5H3/t16-,17+. The van der Waals surface area contributed by atoms with Gasteiger partial charge >= 0.3 is 0 Å². The predicted octanol–water partition coefficient (Wildman–Crippen LogP) is 5.09. The smallest absolute Gasteiger partial charge is 0.211 e. The molecule has 3 aromatic rings. The zero-order valence-corrected chi connectivity index (χ0v) is 20.7. The minimum absolute atomic E-state index is 0.0677. The summed E-state index contributed by atoms with van der Waals surface area (Å²) in [7, 11) is -4.06. The number of fused-ring (bicyclic) bond motifs is 1. The molecule has 176 valence electrons. The van der Waals surface area contributed by atoms with Gasteiger partial charge in [-0.1, -0.05) is 19.9 Å². The summed E-state index contributed by atoms with van der Waals surface area (Å²) >= 11 is 0. The molecule has 0 aliphatic carbocycles. The van der Waals surface area contributed by atoms with Gasteiger partial charge in [-0.2, -0.15) is 0 Å². The first-order valence-corrected chi connectivity index (χ1v) is 12.9. The number of halogens is 1. The molecule has 0 spiro atoms. The number of rotatable bonds is 4. The maximum atomic E-state index is 15.3. The first-order chi connectivity index (χ1) is 15.5. The highest BCUT2D eigenvalue weighted by Crippen LogP contribution is 2.31. The highest BCUT2D eigenvalue weighted by atomic mass is 32.2. The summed E-state index contributed by atoms with van der Waals surface area (Å²) in [5, 5.41) is 0.0844. The number of pyridine rings is 1. The monoisotopic (exact) mass is 470 g/mol. The molecular weight excluding hydrogens is 439 g/mol. The normalized spacial score (nSPS) is 19.3. The number of nitrogens with zero attached hydrogens (tertiary/aromatic N) is 2. The van der Waals surface area contributed by atoms with Crippen LogP contribution in [0.1, 0.15) is 38.3 Å². The Morgan fingerprint density at radius 1 is 1.03 bits per heavy atom. The summed E-state index contributed by atoms with van der Waals surface area (Å²) in [4.78, 5) is 15.1.